The van der Waals surface area contributed by atoms with E-state index in [4.69, 9.17) is 0 Å². The maximum absolute atomic E-state index is 12.1. The second kappa shape index (κ2) is 7.64. The van der Waals surface area contributed by atoms with E-state index in [1.807, 2.05) is 0 Å². The van der Waals surface area contributed by atoms with Gasteiger partial charge >= 0.3 is 0 Å². The third kappa shape index (κ3) is 4.88. The van der Waals surface area contributed by atoms with Gasteiger partial charge in [-0.25, -0.2) is 13.1 Å². The fourth-order valence-electron chi connectivity index (χ4n) is 1.67. The highest BCUT2D eigenvalue weighted by atomic mass is 32.2. The first-order valence-electron chi connectivity index (χ1n) is 6.65. The Morgan fingerprint density at radius 3 is 2.95 bits per heavy atom. The van der Waals surface area contributed by atoms with Gasteiger partial charge in [-0.1, -0.05) is 12.1 Å². The van der Waals surface area contributed by atoms with E-state index < -0.39 is 10.0 Å². The van der Waals surface area contributed by atoms with E-state index >= 15 is 0 Å². The number of hydrogen-bond acceptors (Lipinski definition) is 7. The van der Waals surface area contributed by atoms with Crippen molar-refractivity contribution >= 4 is 21.4 Å². The van der Waals surface area contributed by atoms with Crippen LogP contribution in [0.25, 0.3) is 0 Å². The van der Waals surface area contributed by atoms with E-state index in [0.717, 1.165) is 17.8 Å². The summed E-state index contributed by atoms with van der Waals surface area (Å²) in [6, 6.07) is 1.70. The second-order valence-corrected chi connectivity index (χ2v) is 7.18. The normalized spacial score (nSPS) is 11.9. The first kappa shape index (κ1) is 16.1. The van der Waals surface area contributed by atoms with E-state index in [9.17, 15) is 8.42 Å². The van der Waals surface area contributed by atoms with E-state index in [-0.39, 0.29) is 6.54 Å². The highest BCUT2D eigenvalue weighted by Gasteiger charge is 2.16. The molecule has 0 aromatic carbocycles. The van der Waals surface area contributed by atoms with Crippen LogP contribution in [0.4, 0.5) is 0 Å². The van der Waals surface area contributed by atoms with Crippen molar-refractivity contribution in [2.45, 2.75) is 31.2 Å². The van der Waals surface area contributed by atoms with Crippen molar-refractivity contribution in [2.24, 2.45) is 0 Å². The topological polar surface area (TPSA) is 97.1 Å². The monoisotopic (exact) mass is 330 g/mol. The summed E-state index contributed by atoms with van der Waals surface area (Å²) in [5.74, 6) is 0.479. The lowest BCUT2D eigenvalue weighted by molar-refractivity contribution is 0.410. The summed E-state index contributed by atoms with van der Waals surface area (Å²) >= 11 is 1.44. The molecule has 0 saturated carbocycles. The average molecular weight is 330 g/mol. The number of hydrogen-bond donors (Lipinski definition) is 2. The lowest BCUT2D eigenvalue weighted by Crippen LogP contribution is -2.25. The third-order valence-electron chi connectivity index (χ3n) is 2.71. The molecule has 0 atom stereocenters. The summed E-state index contributed by atoms with van der Waals surface area (Å²) in [6.07, 6.45) is 2.66. The van der Waals surface area contributed by atoms with Crippen molar-refractivity contribution in [1.82, 2.24) is 20.2 Å². The number of nitrogens with zero attached hydrogens (tertiary/aromatic N) is 2. The molecule has 9 heteroatoms. The SMILES string of the molecule is CCCNCc1cc(S(=O)(=O)NCCc2ncon2)cs1. The van der Waals surface area contributed by atoms with Gasteiger partial charge in [0.05, 0.1) is 4.90 Å². The largest absolute Gasteiger partial charge is 0.343 e. The summed E-state index contributed by atoms with van der Waals surface area (Å²) in [5.41, 5.74) is 0. The minimum atomic E-state index is -3.48. The maximum atomic E-state index is 12.1. The summed E-state index contributed by atoms with van der Waals surface area (Å²) in [5, 5.41) is 8.53. The van der Waals surface area contributed by atoms with Crippen LogP contribution < -0.4 is 10.0 Å². The molecule has 2 heterocycles. The molecule has 0 spiro atoms. The molecule has 7 nitrogen and oxygen atoms in total. The quantitative estimate of drug-likeness (QED) is 0.670. The molecule has 2 N–H and O–H groups in total. The molecular formula is C12H18N4O3S2. The molecule has 0 aliphatic rings. The Labute approximate surface area is 127 Å². The Bertz CT molecular complexity index is 637. The maximum Gasteiger partial charge on any atom is 0.241 e. The molecule has 0 aliphatic carbocycles. The first-order valence-corrected chi connectivity index (χ1v) is 9.01. The average Bonchev–Trinajstić information content (AvgIpc) is 3.10. The molecule has 0 unspecified atom stereocenters. The van der Waals surface area contributed by atoms with Crippen LogP contribution in [-0.2, 0) is 23.0 Å². The predicted molar refractivity (Wildman–Crippen MR) is 79.5 cm³/mol. The lowest BCUT2D eigenvalue weighted by atomic mass is 10.4. The molecule has 0 aliphatic heterocycles. The fourth-order valence-corrected chi connectivity index (χ4v) is 3.94. The summed E-state index contributed by atoms with van der Waals surface area (Å²) < 4.78 is 31.3. The van der Waals surface area contributed by atoms with E-state index in [1.54, 1.807) is 11.4 Å². The van der Waals surface area contributed by atoms with Gasteiger partial charge in [-0.15, -0.1) is 11.3 Å². The molecule has 0 amide bonds. The highest BCUT2D eigenvalue weighted by Crippen LogP contribution is 2.19. The van der Waals surface area contributed by atoms with Crippen molar-refractivity contribution < 1.29 is 12.9 Å². The van der Waals surface area contributed by atoms with Gasteiger partial charge in [-0.3, -0.25) is 0 Å². The molecule has 21 heavy (non-hydrogen) atoms. The van der Waals surface area contributed by atoms with Gasteiger partial charge in [0.15, 0.2) is 5.82 Å². The van der Waals surface area contributed by atoms with E-state index in [2.05, 4.69) is 31.6 Å². The zero-order chi connectivity index (χ0) is 15.1. The van der Waals surface area contributed by atoms with Gasteiger partial charge in [0.2, 0.25) is 16.4 Å². The zero-order valence-electron chi connectivity index (χ0n) is 11.7. The Morgan fingerprint density at radius 2 is 2.24 bits per heavy atom. The highest BCUT2D eigenvalue weighted by molar-refractivity contribution is 7.89. The van der Waals surface area contributed by atoms with Gasteiger partial charge in [-0.05, 0) is 19.0 Å². The van der Waals surface area contributed by atoms with Crippen LogP contribution in [0.1, 0.15) is 24.0 Å². The molecular weight excluding hydrogens is 312 g/mol. The summed E-state index contributed by atoms with van der Waals surface area (Å²) in [4.78, 5) is 5.14. The number of sulfonamides is 1. The Morgan fingerprint density at radius 1 is 1.38 bits per heavy atom. The lowest BCUT2D eigenvalue weighted by Gasteiger charge is -2.03. The molecule has 2 rings (SSSR count). The molecule has 0 fully saturated rings. The van der Waals surface area contributed by atoms with Crippen molar-refractivity contribution in [3.05, 3.63) is 28.5 Å². The summed E-state index contributed by atoms with van der Waals surface area (Å²) in [7, 11) is -3.48. The Hall–Kier alpha value is -1.29. The minimum absolute atomic E-state index is 0.237. The van der Waals surface area contributed by atoms with Crippen molar-refractivity contribution in [1.29, 1.82) is 0 Å². The number of aromatic nitrogens is 2. The van der Waals surface area contributed by atoms with Gasteiger partial charge in [0, 0.05) is 29.8 Å². The van der Waals surface area contributed by atoms with Gasteiger partial charge in [0.25, 0.3) is 0 Å². The van der Waals surface area contributed by atoms with Gasteiger partial charge < -0.3 is 9.84 Å². The summed E-state index contributed by atoms with van der Waals surface area (Å²) in [6.45, 7) is 3.94. The molecule has 0 bridgehead atoms. The van der Waals surface area contributed by atoms with Crippen LogP contribution in [-0.4, -0.2) is 31.6 Å². The van der Waals surface area contributed by atoms with Crippen molar-refractivity contribution in [3.8, 4) is 0 Å². The molecule has 2 aromatic heterocycles. The molecule has 2 aromatic rings. The minimum Gasteiger partial charge on any atom is -0.343 e. The van der Waals surface area contributed by atoms with Crippen molar-refractivity contribution in [2.75, 3.05) is 13.1 Å². The third-order valence-corrected chi connectivity index (χ3v) is 5.24. The van der Waals surface area contributed by atoms with Crippen molar-refractivity contribution in [3.63, 3.8) is 0 Å². The standard InChI is InChI=1S/C12H18N4O3S2/c1-2-4-13-7-10-6-11(8-20-10)21(17,18)15-5-3-12-14-9-19-16-12/h6,8-9,13,15H,2-5,7H2,1H3. The molecule has 116 valence electrons. The fraction of sp³-hybridized carbons (Fsp3) is 0.500. The van der Waals surface area contributed by atoms with Crippen LogP contribution in [0, 0.1) is 0 Å². The van der Waals surface area contributed by atoms with Crippen LogP contribution >= 0.6 is 11.3 Å². The van der Waals surface area contributed by atoms with E-state index in [1.165, 1.54) is 17.7 Å². The second-order valence-electron chi connectivity index (χ2n) is 4.42. The molecule has 0 saturated heterocycles. The van der Waals surface area contributed by atoms with Crippen LogP contribution in [0.3, 0.4) is 0 Å². The van der Waals surface area contributed by atoms with Crippen LogP contribution in [0.2, 0.25) is 0 Å². The Balaban J connectivity index is 1.86. The van der Waals surface area contributed by atoms with E-state index in [0.29, 0.717) is 23.7 Å². The number of thiophene rings is 1. The number of rotatable bonds is 9. The smallest absolute Gasteiger partial charge is 0.241 e. The van der Waals surface area contributed by atoms with Crippen LogP contribution in [0.5, 0.6) is 0 Å². The van der Waals surface area contributed by atoms with Crippen LogP contribution in [0.15, 0.2) is 27.3 Å². The Kier molecular flexibility index (Phi) is 5.85. The zero-order valence-corrected chi connectivity index (χ0v) is 13.3. The first-order chi connectivity index (χ1) is 10.1. The van der Waals surface area contributed by atoms with Gasteiger partial charge in [0.1, 0.15) is 0 Å². The molecule has 0 radical (unpaired) electrons. The van der Waals surface area contributed by atoms with Gasteiger partial charge in [-0.2, -0.15) is 4.98 Å². The predicted octanol–water partition coefficient (Wildman–Crippen LogP) is 1.15. The number of nitrogens with one attached hydrogen (secondary N) is 2.